The van der Waals surface area contributed by atoms with Crippen molar-refractivity contribution >= 4 is 5.97 Å². The average molecular weight is 458 g/mol. The fraction of sp³-hybridized carbons (Fsp3) is 0.897. The minimum absolute atomic E-state index is 0.0544. The Hall–Kier alpha value is -0.870. The minimum Gasteiger partial charge on any atom is -0.462 e. The molecule has 0 radical (unpaired) electrons. The molecule has 11 atom stereocenters. The third-order valence-corrected chi connectivity index (χ3v) is 11.4. The van der Waals surface area contributed by atoms with Crippen LogP contribution in [0.3, 0.4) is 0 Å². The molecule has 4 nitrogen and oxygen atoms in total. The zero-order valence-corrected chi connectivity index (χ0v) is 21.6. The van der Waals surface area contributed by atoms with E-state index in [2.05, 4.69) is 39.1 Å². The average Bonchev–Trinajstić information content (AvgIpc) is 3.05. The van der Waals surface area contributed by atoms with Crippen LogP contribution < -0.4 is 5.32 Å². The quantitative estimate of drug-likeness (QED) is 0.434. The van der Waals surface area contributed by atoms with Crippen LogP contribution in [0.15, 0.2) is 11.6 Å². The van der Waals surface area contributed by atoms with Gasteiger partial charge in [-0.1, -0.05) is 39.3 Å². The Morgan fingerprint density at radius 1 is 1.18 bits per heavy atom. The van der Waals surface area contributed by atoms with Gasteiger partial charge < -0.3 is 15.2 Å². The first-order chi connectivity index (χ1) is 15.6. The highest BCUT2D eigenvalue weighted by atomic mass is 16.5. The van der Waals surface area contributed by atoms with Crippen molar-refractivity contribution in [3.05, 3.63) is 11.6 Å². The zero-order chi connectivity index (χ0) is 23.5. The molecule has 186 valence electrons. The van der Waals surface area contributed by atoms with Crippen LogP contribution in [0.1, 0.15) is 92.4 Å². The number of nitrogens with one attached hydrogen (secondary N) is 1. The molecule has 33 heavy (non-hydrogen) atoms. The van der Waals surface area contributed by atoms with Crippen LogP contribution >= 0.6 is 0 Å². The van der Waals surface area contributed by atoms with Gasteiger partial charge in [0.1, 0.15) is 6.10 Å². The monoisotopic (exact) mass is 457 g/mol. The smallest absolute Gasteiger partial charge is 0.302 e. The summed E-state index contributed by atoms with van der Waals surface area (Å²) in [6, 6.07) is 0.535. The number of fused-ring (bicyclic) bond motifs is 5. The van der Waals surface area contributed by atoms with Crippen LogP contribution in [-0.4, -0.2) is 35.9 Å². The number of piperidine rings is 1. The van der Waals surface area contributed by atoms with Crippen molar-refractivity contribution in [2.24, 2.45) is 46.3 Å². The number of hydrogen-bond acceptors (Lipinski definition) is 4. The molecule has 5 rings (SSSR count). The van der Waals surface area contributed by atoms with Crippen molar-refractivity contribution < 1.29 is 14.6 Å². The van der Waals surface area contributed by atoms with Crippen molar-refractivity contribution in [1.82, 2.24) is 5.32 Å². The number of carbonyl (C=O) groups excluding carboxylic acids is 1. The standard InChI is InChI=1S/C29H47NO3/c1-17-6-9-25(30-16-17)18(2)27-26(33-19(3)31)15-24-22-8-7-20-14-21(32)10-12-28(20,4)23(22)11-13-29(24,27)5/h7,17-18,21-27,30,32H,6,8-16H2,1-5H3/t17-,18+,21+,22-,23+,24+,25-,26-,27+,28+,29+/m1/s1. The number of aliphatic hydroxyl groups is 1. The molecule has 0 spiro atoms. The van der Waals surface area contributed by atoms with E-state index in [9.17, 15) is 9.90 Å². The highest BCUT2D eigenvalue weighted by molar-refractivity contribution is 5.66. The maximum absolute atomic E-state index is 12.2. The third kappa shape index (κ3) is 3.92. The number of hydrogen-bond donors (Lipinski definition) is 2. The molecule has 2 N–H and O–H groups in total. The summed E-state index contributed by atoms with van der Waals surface area (Å²) in [5.41, 5.74) is 2.03. The van der Waals surface area contributed by atoms with Gasteiger partial charge in [-0.2, -0.15) is 0 Å². The normalized spacial score (nSPS) is 50.4. The van der Waals surface area contributed by atoms with E-state index in [1.165, 1.54) is 31.3 Å². The van der Waals surface area contributed by atoms with Gasteiger partial charge in [0.15, 0.2) is 0 Å². The summed E-state index contributed by atoms with van der Waals surface area (Å²) in [5.74, 6) is 3.62. The zero-order valence-electron chi connectivity index (χ0n) is 21.6. The Morgan fingerprint density at radius 2 is 1.97 bits per heavy atom. The van der Waals surface area contributed by atoms with Crippen LogP contribution in [0, 0.1) is 46.3 Å². The van der Waals surface area contributed by atoms with Crippen molar-refractivity contribution in [1.29, 1.82) is 0 Å². The summed E-state index contributed by atoms with van der Waals surface area (Å²) in [5, 5.41) is 14.2. The molecule has 0 unspecified atom stereocenters. The highest BCUT2D eigenvalue weighted by Crippen LogP contribution is 2.67. The van der Waals surface area contributed by atoms with Gasteiger partial charge in [0.25, 0.3) is 0 Å². The van der Waals surface area contributed by atoms with Crippen molar-refractivity contribution in [3.63, 3.8) is 0 Å². The fourth-order valence-corrected chi connectivity index (χ4v) is 9.66. The molecule has 0 aromatic heterocycles. The van der Waals surface area contributed by atoms with Crippen LogP contribution in [0.25, 0.3) is 0 Å². The molecule has 0 aromatic carbocycles. The maximum Gasteiger partial charge on any atom is 0.302 e. The Balaban J connectivity index is 1.44. The molecule has 0 bridgehead atoms. The number of carbonyl (C=O) groups is 1. The van der Waals surface area contributed by atoms with Gasteiger partial charge in [0, 0.05) is 18.9 Å². The first kappa shape index (κ1) is 23.9. The molecule has 5 aliphatic rings. The van der Waals surface area contributed by atoms with Crippen LogP contribution in [-0.2, 0) is 9.53 Å². The Bertz CT molecular complexity index is 786. The first-order valence-corrected chi connectivity index (χ1v) is 13.9. The first-order valence-electron chi connectivity index (χ1n) is 13.9. The second-order valence-corrected chi connectivity index (χ2v) is 13.2. The summed E-state index contributed by atoms with van der Waals surface area (Å²) in [6.07, 6.45) is 12.6. The Kier molecular flexibility index (Phi) is 6.26. The highest BCUT2D eigenvalue weighted by Gasteiger charge is 2.63. The molecular weight excluding hydrogens is 410 g/mol. The summed E-state index contributed by atoms with van der Waals surface area (Å²) < 4.78 is 6.12. The summed E-state index contributed by atoms with van der Waals surface area (Å²) in [4.78, 5) is 12.2. The van der Waals surface area contributed by atoms with Crippen molar-refractivity contribution in [2.45, 2.75) is 111 Å². The number of aliphatic hydroxyl groups excluding tert-OH is 1. The van der Waals surface area contributed by atoms with Crippen molar-refractivity contribution in [2.75, 3.05) is 6.54 Å². The second-order valence-electron chi connectivity index (χ2n) is 13.2. The van der Waals surface area contributed by atoms with Crippen LogP contribution in [0.2, 0.25) is 0 Å². The van der Waals surface area contributed by atoms with Gasteiger partial charge in [0.05, 0.1) is 6.10 Å². The van der Waals surface area contributed by atoms with Crippen LogP contribution in [0.4, 0.5) is 0 Å². The van der Waals surface area contributed by atoms with E-state index in [-0.39, 0.29) is 29.0 Å². The Labute approximate surface area is 201 Å². The molecule has 1 aliphatic heterocycles. The van der Waals surface area contributed by atoms with Gasteiger partial charge in [-0.25, -0.2) is 0 Å². The maximum atomic E-state index is 12.2. The molecule has 4 heteroatoms. The van der Waals surface area contributed by atoms with E-state index in [1.54, 1.807) is 6.92 Å². The van der Waals surface area contributed by atoms with Crippen molar-refractivity contribution in [3.8, 4) is 0 Å². The molecule has 3 saturated carbocycles. The van der Waals surface area contributed by atoms with Crippen LogP contribution in [0.5, 0.6) is 0 Å². The Morgan fingerprint density at radius 3 is 2.67 bits per heavy atom. The predicted octanol–water partition coefficient (Wildman–Crippen LogP) is 5.49. The lowest BCUT2D eigenvalue weighted by Gasteiger charge is -2.58. The molecule has 4 aliphatic carbocycles. The van der Waals surface area contributed by atoms with Gasteiger partial charge in [-0.05, 0) is 105 Å². The van der Waals surface area contributed by atoms with Gasteiger partial charge >= 0.3 is 5.97 Å². The lowest BCUT2D eigenvalue weighted by Crippen LogP contribution is -2.53. The molecule has 0 amide bonds. The molecule has 0 aromatic rings. The minimum atomic E-state index is -0.148. The van der Waals surface area contributed by atoms with E-state index < -0.39 is 0 Å². The van der Waals surface area contributed by atoms with Gasteiger partial charge in [-0.15, -0.1) is 0 Å². The van der Waals surface area contributed by atoms with E-state index in [0.29, 0.717) is 35.6 Å². The summed E-state index contributed by atoms with van der Waals surface area (Å²) >= 11 is 0. The molecular formula is C29H47NO3. The number of allylic oxidation sites excluding steroid dienone is 1. The largest absolute Gasteiger partial charge is 0.462 e. The third-order valence-electron chi connectivity index (χ3n) is 11.4. The predicted molar refractivity (Wildman–Crippen MR) is 131 cm³/mol. The SMILES string of the molecule is CC(=O)O[C@@H]1C[C@H]2[C@@H]3CC=C4C[C@@H](O)CC[C@]4(C)[C@H]3CC[C@]2(C)[C@H]1[C@@H](C)[C@H]1CC[C@@H](C)CN1. The lowest BCUT2D eigenvalue weighted by atomic mass is 9.47. The van der Waals surface area contributed by atoms with E-state index in [4.69, 9.17) is 4.74 Å². The number of ether oxygens (including phenoxy) is 1. The van der Waals surface area contributed by atoms with E-state index >= 15 is 0 Å². The second kappa shape index (κ2) is 8.66. The lowest BCUT2D eigenvalue weighted by molar-refractivity contribution is -0.151. The molecule has 1 saturated heterocycles. The summed E-state index contributed by atoms with van der Waals surface area (Å²) in [6.45, 7) is 12.5. The van der Waals surface area contributed by atoms with Gasteiger partial charge in [0.2, 0.25) is 0 Å². The van der Waals surface area contributed by atoms with Gasteiger partial charge in [-0.3, -0.25) is 4.79 Å². The summed E-state index contributed by atoms with van der Waals surface area (Å²) in [7, 11) is 0. The van der Waals surface area contributed by atoms with E-state index in [0.717, 1.165) is 44.6 Å². The molecule has 4 fully saturated rings. The molecule has 1 heterocycles. The topological polar surface area (TPSA) is 58.6 Å². The fourth-order valence-electron chi connectivity index (χ4n) is 9.66. The van der Waals surface area contributed by atoms with E-state index in [1.807, 2.05) is 0 Å². The number of rotatable bonds is 3. The number of esters is 1.